The van der Waals surface area contributed by atoms with E-state index in [2.05, 4.69) is 4.98 Å². The smallest absolute Gasteiger partial charge is 0.233 e. The van der Waals surface area contributed by atoms with E-state index in [-0.39, 0.29) is 37.0 Å². The summed E-state index contributed by atoms with van der Waals surface area (Å²) in [6.07, 6.45) is 3.53. The lowest BCUT2D eigenvalue weighted by Crippen LogP contribution is -2.39. The van der Waals surface area contributed by atoms with Gasteiger partial charge in [0, 0.05) is 19.2 Å². The van der Waals surface area contributed by atoms with Crippen molar-refractivity contribution in [3.8, 4) is 5.75 Å². The summed E-state index contributed by atoms with van der Waals surface area (Å²) in [5.41, 5.74) is 4.99. The van der Waals surface area contributed by atoms with Gasteiger partial charge in [0.05, 0.1) is 36.8 Å². The third-order valence-electron chi connectivity index (χ3n) is 7.69. The molecule has 0 unspecified atom stereocenters. The van der Waals surface area contributed by atoms with Crippen molar-refractivity contribution in [1.82, 2.24) is 9.88 Å². The van der Waals surface area contributed by atoms with Gasteiger partial charge in [-0.1, -0.05) is 6.07 Å². The number of nitrogens with zero attached hydrogens (tertiary/aromatic N) is 2. The fourth-order valence-electron chi connectivity index (χ4n) is 5.81. The zero-order valence-electron chi connectivity index (χ0n) is 21.4. The third kappa shape index (κ3) is 5.09. The molecule has 1 aromatic carbocycles. The van der Waals surface area contributed by atoms with Gasteiger partial charge in [-0.2, -0.15) is 0 Å². The van der Waals surface area contributed by atoms with Crippen LogP contribution in [0.3, 0.4) is 0 Å². The second-order valence-electron chi connectivity index (χ2n) is 10.0. The number of phenolic OH excluding ortho intramolecular Hbond substituents is 1. The highest BCUT2D eigenvalue weighted by molar-refractivity contribution is 6.05. The Balaban J connectivity index is 1.65. The molecule has 0 spiro atoms. The Kier molecular flexibility index (Phi) is 7.92. The molecule has 4 atom stereocenters. The van der Waals surface area contributed by atoms with Crippen molar-refractivity contribution in [2.75, 3.05) is 20.3 Å². The van der Waals surface area contributed by atoms with Crippen molar-refractivity contribution in [1.29, 1.82) is 0 Å². The molecule has 1 aliphatic heterocycles. The van der Waals surface area contributed by atoms with Crippen molar-refractivity contribution in [2.45, 2.75) is 39.2 Å². The van der Waals surface area contributed by atoms with Gasteiger partial charge in [0.25, 0.3) is 0 Å². The summed E-state index contributed by atoms with van der Waals surface area (Å²) in [5, 5.41) is 41.8. The fraction of sp³-hybridized carbons (Fsp3) is 0.414. The molecule has 1 fully saturated rings. The van der Waals surface area contributed by atoms with Crippen molar-refractivity contribution in [3.63, 3.8) is 0 Å². The van der Waals surface area contributed by atoms with Crippen LogP contribution in [0.1, 0.15) is 41.6 Å². The number of hydrogen-bond donors (Lipinski definition) is 4. The molecule has 2 aromatic rings. The molecule has 196 valence electrons. The number of allylic oxidation sites excluding steroid dienone is 1. The minimum atomic E-state index is -1.02. The van der Waals surface area contributed by atoms with Crippen LogP contribution in [0.25, 0.3) is 11.6 Å². The van der Waals surface area contributed by atoms with E-state index in [1.165, 1.54) is 7.05 Å². The number of aliphatic hydroxyl groups is 3. The first-order valence-corrected chi connectivity index (χ1v) is 12.5. The van der Waals surface area contributed by atoms with E-state index in [1.54, 1.807) is 6.20 Å². The van der Waals surface area contributed by atoms with Gasteiger partial charge < -0.3 is 20.4 Å². The van der Waals surface area contributed by atoms with Crippen LogP contribution in [0.4, 0.5) is 0 Å². The molecule has 0 bridgehead atoms. The van der Waals surface area contributed by atoms with E-state index >= 15 is 0 Å². The number of aromatic nitrogens is 1. The van der Waals surface area contributed by atoms with Gasteiger partial charge in [-0.3, -0.25) is 19.5 Å². The van der Waals surface area contributed by atoms with Crippen LogP contribution < -0.4 is 0 Å². The minimum absolute atomic E-state index is 0.188. The van der Waals surface area contributed by atoms with E-state index in [1.807, 2.05) is 50.3 Å². The van der Waals surface area contributed by atoms with E-state index < -0.39 is 30.5 Å². The molecule has 1 aromatic heterocycles. The highest BCUT2D eigenvalue weighted by Crippen LogP contribution is 2.45. The van der Waals surface area contributed by atoms with Crippen LogP contribution >= 0.6 is 0 Å². The number of likely N-dealkylation sites (tertiary alicyclic amines) is 1. The number of carbonyl (C=O) groups excluding carboxylic acids is 2. The largest absolute Gasteiger partial charge is 0.507 e. The molecule has 2 amide bonds. The van der Waals surface area contributed by atoms with Crippen LogP contribution in [-0.4, -0.2) is 68.5 Å². The summed E-state index contributed by atoms with van der Waals surface area (Å²) in [5.74, 6) is -2.52. The molecule has 4 rings (SSSR count). The van der Waals surface area contributed by atoms with Crippen LogP contribution in [0.2, 0.25) is 0 Å². The first-order valence-electron chi connectivity index (χ1n) is 12.5. The monoisotopic (exact) mass is 506 g/mol. The maximum atomic E-state index is 12.8. The van der Waals surface area contributed by atoms with Crippen molar-refractivity contribution in [2.24, 2.45) is 17.8 Å². The van der Waals surface area contributed by atoms with Crippen LogP contribution in [0.15, 0.2) is 47.7 Å². The Morgan fingerprint density at radius 2 is 1.86 bits per heavy atom. The summed E-state index contributed by atoms with van der Waals surface area (Å²) in [7, 11) is 1.43. The predicted octanol–water partition coefficient (Wildman–Crippen LogP) is 2.62. The number of fused-ring (bicyclic) bond motifs is 1. The van der Waals surface area contributed by atoms with Crippen molar-refractivity contribution >= 4 is 23.5 Å². The number of aryl methyl sites for hydroxylation is 2. The Morgan fingerprint density at radius 3 is 2.46 bits per heavy atom. The van der Waals surface area contributed by atoms with Crippen LogP contribution in [-0.2, 0) is 9.59 Å². The van der Waals surface area contributed by atoms with Gasteiger partial charge in [0.2, 0.25) is 11.8 Å². The first-order chi connectivity index (χ1) is 17.7. The van der Waals surface area contributed by atoms with E-state index in [0.717, 1.165) is 32.9 Å². The number of aromatic hydroxyl groups is 1. The SMILES string of the molecule is Cc1cc(/C=C(/CC[C@@H](O)C2=C(CO)C[C@H]3C(=O)N(C)C(=O)[C@H]3[C@H]2CO)c2ccccn2)cc(C)c1O. The Bertz CT molecular complexity index is 1230. The van der Waals surface area contributed by atoms with Gasteiger partial charge in [0.15, 0.2) is 0 Å². The molecular formula is C29H34N2O6. The summed E-state index contributed by atoms with van der Waals surface area (Å²) in [4.78, 5) is 31.0. The molecule has 1 aliphatic carbocycles. The molecule has 8 heteroatoms. The molecule has 8 nitrogen and oxygen atoms in total. The zero-order chi connectivity index (χ0) is 26.9. The Morgan fingerprint density at radius 1 is 1.16 bits per heavy atom. The number of phenols is 1. The molecule has 0 radical (unpaired) electrons. The van der Waals surface area contributed by atoms with Crippen molar-refractivity contribution < 1.29 is 30.0 Å². The fourth-order valence-corrected chi connectivity index (χ4v) is 5.81. The molecule has 0 saturated carbocycles. The number of carbonyl (C=O) groups is 2. The maximum Gasteiger partial charge on any atom is 0.233 e. The number of amides is 2. The number of rotatable bonds is 8. The number of benzene rings is 1. The van der Waals surface area contributed by atoms with E-state index in [9.17, 15) is 30.0 Å². The zero-order valence-corrected chi connectivity index (χ0v) is 21.4. The standard InChI is InChI=1S/C29H34N2O6/c1-16-10-18(11-17(2)27(16)35)12-19(23-6-4-5-9-30-23)7-8-24(34)25-20(14-32)13-21-26(22(25)15-33)29(37)31(3)28(21)36/h4-6,9-12,21-22,24,26,32-35H,7-8,13-15H2,1-3H3/b19-12-/t21-,22+,24-,26-/m1/s1. The summed E-state index contributed by atoms with van der Waals surface area (Å²) >= 11 is 0. The molecule has 37 heavy (non-hydrogen) atoms. The van der Waals surface area contributed by atoms with Gasteiger partial charge in [-0.05, 0) is 96.9 Å². The lowest BCUT2D eigenvalue weighted by molar-refractivity contribution is -0.138. The number of hydrogen-bond acceptors (Lipinski definition) is 7. The van der Waals surface area contributed by atoms with Gasteiger partial charge in [0.1, 0.15) is 5.75 Å². The lowest BCUT2D eigenvalue weighted by Gasteiger charge is -2.36. The predicted molar refractivity (Wildman–Crippen MR) is 139 cm³/mol. The van der Waals surface area contributed by atoms with Gasteiger partial charge in [-0.25, -0.2) is 0 Å². The normalized spacial score (nSPS) is 23.0. The maximum absolute atomic E-state index is 12.8. The van der Waals surface area contributed by atoms with E-state index in [0.29, 0.717) is 17.6 Å². The second kappa shape index (κ2) is 11.0. The first kappa shape index (κ1) is 26.7. The average Bonchev–Trinajstić information content (AvgIpc) is 3.12. The Hall–Kier alpha value is -3.33. The number of imide groups is 1. The molecule has 1 saturated heterocycles. The topological polar surface area (TPSA) is 131 Å². The highest BCUT2D eigenvalue weighted by atomic mass is 16.3. The summed E-state index contributed by atoms with van der Waals surface area (Å²) in [6.45, 7) is 2.92. The summed E-state index contributed by atoms with van der Waals surface area (Å²) < 4.78 is 0. The Labute approximate surface area is 216 Å². The third-order valence-corrected chi connectivity index (χ3v) is 7.69. The quantitative estimate of drug-likeness (QED) is 0.320. The van der Waals surface area contributed by atoms with Crippen LogP contribution in [0.5, 0.6) is 5.75 Å². The van der Waals surface area contributed by atoms with Gasteiger partial charge >= 0.3 is 0 Å². The minimum Gasteiger partial charge on any atom is -0.507 e. The lowest BCUT2D eigenvalue weighted by atomic mass is 9.68. The molecule has 2 heterocycles. The van der Waals surface area contributed by atoms with Crippen molar-refractivity contribution in [3.05, 3.63) is 70.1 Å². The summed E-state index contributed by atoms with van der Waals surface area (Å²) in [6, 6.07) is 9.36. The molecule has 2 aliphatic rings. The van der Waals surface area contributed by atoms with Crippen LogP contribution in [0, 0.1) is 31.6 Å². The number of pyridine rings is 1. The number of aliphatic hydroxyl groups excluding tert-OH is 3. The van der Waals surface area contributed by atoms with E-state index in [4.69, 9.17) is 0 Å². The second-order valence-corrected chi connectivity index (χ2v) is 10.0. The van der Waals surface area contributed by atoms with Gasteiger partial charge in [-0.15, -0.1) is 0 Å². The highest BCUT2D eigenvalue weighted by Gasteiger charge is 2.53. The average molecular weight is 507 g/mol. The molecule has 4 N–H and O–H groups in total. The molecular weight excluding hydrogens is 472 g/mol.